The van der Waals surface area contributed by atoms with Gasteiger partial charge in [-0.05, 0) is 123 Å². The first-order valence-corrected chi connectivity index (χ1v) is 33.1. The summed E-state index contributed by atoms with van der Waals surface area (Å²) < 4.78 is 33.4. The number of nitrogens with zero attached hydrogens (tertiary/aromatic N) is 3. The van der Waals surface area contributed by atoms with Gasteiger partial charge in [-0.3, -0.25) is 0 Å². The van der Waals surface area contributed by atoms with Crippen LogP contribution < -0.4 is 26.2 Å². The predicted molar refractivity (Wildman–Crippen MR) is 399 cm³/mol. The number of hydrogen-bond acceptors (Lipinski definition) is 6. The van der Waals surface area contributed by atoms with Crippen LogP contribution in [-0.2, 0) is 5.41 Å². The molecule has 0 saturated heterocycles. The highest BCUT2D eigenvalue weighted by molar-refractivity contribution is 7.03. The molecule has 21 rings (SSSR count). The quantitative estimate of drug-likeness (QED) is 0.155. The molecular formula is C88H56BN3O4. The summed E-state index contributed by atoms with van der Waals surface area (Å²) in [4.78, 5) is 5.10. The highest BCUT2D eigenvalue weighted by atomic mass is 16.3. The van der Waals surface area contributed by atoms with E-state index in [-0.39, 0.29) is 5.41 Å². The molecule has 7 heterocycles. The van der Waals surface area contributed by atoms with Gasteiger partial charge in [0.1, 0.15) is 33.5 Å². The van der Waals surface area contributed by atoms with E-state index >= 15 is 0 Å². The number of aromatic nitrogens is 1. The Balaban J connectivity index is 1.04. The molecule has 0 fully saturated rings. The van der Waals surface area contributed by atoms with E-state index in [4.69, 9.17) is 17.7 Å². The molecule has 2 aliphatic rings. The van der Waals surface area contributed by atoms with Crippen LogP contribution in [0.25, 0.3) is 149 Å². The van der Waals surface area contributed by atoms with E-state index < -0.39 is 6.71 Å². The van der Waals surface area contributed by atoms with E-state index in [0.29, 0.717) is 0 Å². The van der Waals surface area contributed by atoms with Crippen molar-refractivity contribution in [2.24, 2.45) is 0 Å². The zero-order valence-corrected chi connectivity index (χ0v) is 52.7. The van der Waals surface area contributed by atoms with Gasteiger partial charge in [-0.1, -0.05) is 227 Å². The Labute approximate surface area is 551 Å². The van der Waals surface area contributed by atoms with E-state index in [1.165, 1.54) is 16.3 Å². The number of fused-ring (bicyclic) bond motifs is 25. The largest absolute Gasteiger partial charge is 0.456 e. The van der Waals surface area contributed by atoms with Gasteiger partial charge in [-0.2, -0.15) is 0 Å². The molecule has 5 aromatic heterocycles. The summed E-state index contributed by atoms with van der Waals surface area (Å²) in [5, 5.41) is 10.4. The maximum Gasteiger partial charge on any atom is 0.262 e. The van der Waals surface area contributed by atoms with Crippen molar-refractivity contribution in [3.63, 3.8) is 0 Å². The van der Waals surface area contributed by atoms with Gasteiger partial charge in [0.15, 0.2) is 11.2 Å². The molecule has 0 saturated carbocycles. The van der Waals surface area contributed by atoms with Gasteiger partial charge in [0.2, 0.25) is 0 Å². The molecule has 19 aromatic rings. The highest BCUT2D eigenvalue weighted by Gasteiger charge is 2.51. The monoisotopic (exact) mass is 1230 g/mol. The fourth-order valence-corrected chi connectivity index (χ4v) is 16.5. The molecule has 7 nitrogen and oxygen atoms in total. The fourth-order valence-electron chi connectivity index (χ4n) is 16.5. The summed E-state index contributed by atoms with van der Waals surface area (Å²) in [6.45, 7) is 6.32. The molecule has 14 aromatic carbocycles. The van der Waals surface area contributed by atoms with E-state index in [9.17, 15) is 0 Å². The Morgan fingerprint density at radius 3 is 1.15 bits per heavy atom. The number of rotatable bonds is 6. The van der Waals surface area contributed by atoms with Crippen molar-refractivity contribution in [1.29, 1.82) is 0 Å². The first kappa shape index (κ1) is 53.3. The first-order chi connectivity index (χ1) is 47.3. The lowest BCUT2D eigenvalue weighted by Crippen LogP contribution is -2.62. The smallest absolute Gasteiger partial charge is 0.262 e. The maximum absolute atomic E-state index is 7.75. The molecule has 0 N–H and O–H groups in total. The average molecular weight is 1230 g/mol. The van der Waals surface area contributed by atoms with E-state index in [2.05, 4.69) is 320 Å². The van der Waals surface area contributed by atoms with Crippen molar-refractivity contribution in [3.05, 3.63) is 291 Å². The lowest BCUT2D eigenvalue weighted by atomic mass is 9.33. The van der Waals surface area contributed by atoms with Gasteiger partial charge in [0.05, 0.1) is 33.8 Å². The molecule has 0 bridgehead atoms. The third-order valence-electron chi connectivity index (χ3n) is 20.6. The second-order valence-electron chi connectivity index (χ2n) is 27.0. The number of hydrogen-bond donors (Lipinski definition) is 0. The van der Waals surface area contributed by atoms with E-state index in [1.54, 1.807) is 0 Å². The van der Waals surface area contributed by atoms with Crippen LogP contribution in [-0.4, -0.2) is 11.3 Å². The van der Waals surface area contributed by atoms with Crippen LogP contribution >= 0.6 is 0 Å². The van der Waals surface area contributed by atoms with Crippen molar-refractivity contribution < 1.29 is 17.7 Å². The normalized spacial score (nSPS) is 13.1. The van der Waals surface area contributed by atoms with Gasteiger partial charge in [-0.15, -0.1) is 0 Å². The zero-order chi connectivity index (χ0) is 63.2. The molecule has 0 aliphatic carbocycles. The van der Waals surface area contributed by atoms with Crippen LogP contribution in [0.4, 0.5) is 34.1 Å². The molecule has 450 valence electrons. The summed E-state index contributed by atoms with van der Waals surface area (Å²) in [7, 11) is 0. The molecule has 96 heavy (non-hydrogen) atoms. The fraction of sp³-hybridized carbons (Fsp3) is 0.0455. The summed E-state index contributed by atoms with van der Waals surface area (Å²) in [6.07, 6.45) is 0. The van der Waals surface area contributed by atoms with Crippen molar-refractivity contribution >= 4 is 167 Å². The van der Waals surface area contributed by atoms with Gasteiger partial charge < -0.3 is 32.0 Å². The lowest BCUT2D eigenvalue weighted by Gasteiger charge is -2.44. The molecule has 8 heteroatoms. The molecule has 0 spiro atoms. The topological polar surface area (TPSA) is 64.0 Å². The minimum absolute atomic E-state index is 0.188. The Kier molecular flexibility index (Phi) is 10.9. The van der Waals surface area contributed by atoms with Crippen molar-refractivity contribution in [3.8, 4) is 39.1 Å². The standard InChI is InChI=1S/C88H56BN3O4/c1-88(2,3)56-43-44-68(65(48-56)53-29-11-6-12-30-53)92-70-50-58(90-66-37-19-13-31-59(66)60-32-14-20-38-67(60)90)49-69-79(70)89(81-83(92)87-78(64-36-18-24-42-74(64)96-87)76-62-34-16-22-40-72(62)94-85(76)81)80-82(86-77(63-35-17-23-41-73(63)95-86)75-61-33-15-21-39-71(61)93-84(75)80)91(69)57-46-54(51-25-7-4-8-26-51)45-55(47-57)52-27-9-5-10-28-52/h4-50H,1-3H3. The summed E-state index contributed by atoms with van der Waals surface area (Å²) in [5.74, 6) is 0. The SMILES string of the molecule is CC(C)(C)c1ccc(N2c3cc(-n4c5ccccc5c5ccccc54)cc4c3B(c3c(c5oc6ccccc6c5c5c3oc3ccccc35)N4c3cc(-c4ccccc4)cc(-c4ccccc4)c3)c3c2c2oc4ccccc4c2c2c3oc3ccccc32)c(-c2ccccc2)c1. The van der Waals surface area contributed by atoms with Crippen LogP contribution in [0.2, 0.25) is 0 Å². The lowest BCUT2D eigenvalue weighted by molar-refractivity contribution is 0.590. The number of para-hydroxylation sites is 6. The second kappa shape index (κ2) is 19.7. The van der Waals surface area contributed by atoms with Crippen LogP contribution in [0.3, 0.4) is 0 Å². The number of furan rings is 4. The second-order valence-corrected chi connectivity index (χ2v) is 27.0. The predicted octanol–water partition coefficient (Wildman–Crippen LogP) is 22.8. The molecule has 0 amide bonds. The van der Waals surface area contributed by atoms with Crippen molar-refractivity contribution in [2.75, 3.05) is 9.80 Å². The van der Waals surface area contributed by atoms with Crippen LogP contribution in [0, 0.1) is 0 Å². The minimum Gasteiger partial charge on any atom is -0.456 e. The zero-order valence-electron chi connectivity index (χ0n) is 52.7. The first-order valence-electron chi connectivity index (χ1n) is 33.1. The summed E-state index contributed by atoms with van der Waals surface area (Å²) >= 11 is 0. The van der Waals surface area contributed by atoms with E-state index in [0.717, 1.165) is 188 Å². The summed E-state index contributed by atoms with van der Waals surface area (Å²) in [6, 6.07) is 103. The third kappa shape index (κ3) is 7.38. The Bertz CT molecular complexity index is 6410. The minimum atomic E-state index is -0.596. The number of benzene rings is 14. The van der Waals surface area contributed by atoms with Gasteiger partial charge >= 0.3 is 0 Å². The Morgan fingerprint density at radius 2 is 0.677 bits per heavy atom. The van der Waals surface area contributed by atoms with Crippen LogP contribution in [0.1, 0.15) is 26.3 Å². The molecule has 2 aliphatic heterocycles. The van der Waals surface area contributed by atoms with Crippen molar-refractivity contribution in [2.45, 2.75) is 26.2 Å². The number of anilines is 6. The highest BCUT2D eigenvalue weighted by Crippen LogP contribution is 2.57. The molecule has 0 radical (unpaired) electrons. The maximum atomic E-state index is 7.75. The Hall–Kier alpha value is -12.3. The van der Waals surface area contributed by atoms with Crippen LogP contribution in [0.15, 0.2) is 303 Å². The molecular weight excluding hydrogens is 1170 g/mol. The third-order valence-corrected chi connectivity index (χ3v) is 20.6. The van der Waals surface area contributed by atoms with E-state index in [1.807, 2.05) is 0 Å². The van der Waals surface area contributed by atoms with Crippen LogP contribution in [0.5, 0.6) is 0 Å². The average Bonchev–Trinajstić information content (AvgIpc) is 1.28. The van der Waals surface area contributed by atoms with Gasteiger partial charge in [0, 0.05) is 87.4 Å². The molecule has 0 atom stereocenters. The van der Waals surface area contributed by atoms with Gasteiger partial charge in [-0.25, -0.2) is 0 Å². The van der Waals surface area contributed by atoms with Gasteiger partial charge in [0.25, 0.3) is 6.71 Å². The Morgan fingerprint density at radius 1 is 0.292 bits per heavy atom. The molecule has 0 unspecified atom stereocenters. The summed E-state index contributed by atoms with van der Waals surface area (Å²) in [5.41, 5.74) is 25.6. The van der Waals surface area contributed by atoms with Crippen molar-refractivity contribution in [1.82, 2.24) is 4.57 Å².